The van der Waals surface area contributed by atoms with Gasteiger partial charge in [-0.05, 0) is 6.92 Å². The van der Waals surface area contributed by atoms with Crippen molar-refractivity contribution in [3.05, 3.63) is 0 Å². The van der Waals surface area contributed by atoms with Gasteiger partial charge in [0, 0.05) is 13.8 Å². The lowest BCUT2D eigenvalue weighted by molar-refractivity contribution is -0.383. The van der Waals surface area contributed by atoms with Crippen molar-refractivity contribution < 1.29 is 98.9 Å². The van der Waals surface area contributed by atoms with Crippen LogP contribution in [0.25, 0.3) is 0 Å². The molecule has 290 valence electrons. The lowest BCUT2D eigenvalue weighted by atomic mass is 9.95. The van der Waals surface area contributed by atoms with Crippen molar-refractivity contribution >= 4 is 11.8 Å². The third kappa shape index (κ3) is 8.87. The van der Waals surface area contributed by atoms with Crippen molar-refractivity contribution in [2.45, 2.75) is 143 Å². The van der Waals surface area contributed by atoms with Crippen LogP contribution >= 0.6 is 0 Å². The molecule has 0 aliphatic carbocycles. The molecule has 0 aromatic heterocycles. The smallest absolute Gasteiger partial charge is 0.217 e. The largest absolute Gasteiger partial charge is 0.394 e. The Morgan fingerprint density at radius 1 is 0.560 bits per heavy atom. The normalized spacial score (nSPS) is 48.5. The van der Waals surface area contributed by atoms with Crippen LogP contribution in [0.4, 0.5) is 0 Å². The van der Waals surface area contributed by atoms with Gasteiger partial charge in [0.2, 0.25) is 11.8 Å². The summed E-state index contributed by atoms with van der Waals surface area (Å²) in [6, 6.07) is -2.86. The summed E-state index contributed by atoms with van der Waals surface area (Å²) >= 11 is 0. The van der Waals surface area contributed by atoms with Crippen LogP contribution < -0.4 is 10.6 Å². The molecular weight excluding hydrogens is 684 g/mol. The first-order chi connectivity index (χ1) is 23.5. The van der Waals surface area contributed by atoms with Crippen molar-refractivity contribution in [1.82, 2.24) is 10.6 Å². The Labute approximate surface area is 285 Å². The SMILES string of the molecule is CC(=O)N[C@@H]1[C@@H](O)[C@@H](O)[C@@H](CO[C@@H]2O[C@H](CO)[C@@H](O[C@@H]3O[C@H](CO)[C@H](O)[C@H](O)[C@H]3O[C@@H]3O[C@@H](C)[C@@H](O)[C@@H](O)[C@@H]3O)[C@H](O)[C@H]2NC(C)=O)O[C@H]1O. The van der Waals surface area contributed by atoms with E-state index < -0.39 is 154 Å². The van der Waals surface area contributed by atoms with Crippen LogP contribution in [0.2, 0.25) is 0 Å². The van der Waals surface area contributed by atoms with E-state index in [9.17, 15) is 65.8 Å². The maximum absolute atomic E-state index is 12.2. The van der Waals surface area contributed by atoms with Crippen LogP contribution in [0.3, 0.4) is 0 Å². The fourth-order valence-electron chi connectivity index (χ4n) is 6.18. The summed E-state index contributed by atoms with van der Waals surface area (Å²) in [4.78, 5) is 23.6. The first-order valence-corrected chi connectivity index (χ1v) is 15.9. The number of carbonyl (C=O) groups is 2. The first-order valence-electron chi connectivity index (χ1n) is 15.9. The second-order valence-electron chi connectivity index (χ2n) is 12.6. The minimum absolute atomic E-state index is 0.615. The molecule has 4 rings (SSSR count). The van der Waals surface area contributed by atoms with Gasteiger partial charge in [-0.2, -0.15) is 0 Å². The Morgan fingerprint density at radius 2 is 1.12 bits per heavy atom. The monoisotopic (exact) mass is 732 g/mol. The van der Waals surface area contributed by atoms with Crippen molar-refractivity contribution in [2.75, 3.05) is 19.8 Å². The van der Waals surface area contributed by atoms with Crippen molar-refractivity contribution in [2.24, 2.45) is 0 Å². The lowest BCUT2D eigenvalue weighted by Crippen LogP contribution is -2.69. The van der Waals surface area contributed by atoms with Gasteiger partial charge >= 0.3 is 0 Å². The summed E-state index contributed by atoms with van der Waals surface area (Å²) in [5, 5.41) is 120. The van der Waals surface area contributed by atoms with E-state index >= 15 is 0 Å². The Morgan fingerprint density at radius 3 is 1.72 bits per heavy atom. The highest BCUT2D eigenvalue weighted by atomic mass is 16.8. The van der Waals surface area contributed by atoms with Gasteiger partial charge in [-0.1, -0.05) is 0 Å². The van der Waals surface area contributed by atoms with Gasteiger partial charge in [-0.3, -0.25) is 9.59 Å². The average molecular weight is 733 g/mol. The molecule has 20 atom stereocenters. The highest BCUT2D eigenvalue weighted by Gasteiger charge is 2.54. The van der Waals surface area contributed by atoms with Crippen LogP contribution in [0, 0.1) is 0 Å². The van der Waals surface area contributed by atoms with E-state index in [1.54, 1.807) is 0 Å². The third-order valence-electron chi connectivity index (χ3n) is 8.95. The highest BCUT2D eigenvalue weighted by Crippen LogP contribution is 2.33. The molecular formula is C28H48N2O20. The third-order valence-corrected chi connectivity index (χ3v) is 8.95. The molecule has 4 aliphatic rings. The van der Waals surface area contributed by atoms with E-state index in [0.717, 1.165) is 13.8 Å². The minimum Gasteiger partial charge on any atom is -0.394 e. The molecule has 22 nitrogen and oxygen atoms in total. The van der Waals surface area contributed by atoms with Gasteiger partial charge < -0.3 is 100.0 Å². The number of rotatable bonds is 11. The molecule has 22 heteroatoms. The summed E-state index contributed by atoms with van der Waals surface area (Å²) in [6.45, 7) is 1.26. The summed E-state index contributed by atoms with van der Waals surface area (Å²) in [5.74, 6) is -1.31. The number of carbonyl (C=O) groups excluding carboxylic acids is 2. The molecule has 4 heterocycles. The molecule has 0 radical (unpaired) electrons. The Hall–Kier alpha value is -1.78. The van der Waals surface area contributed by atoms with Gasteiger partial charge in [0.05, 0.1) is 25.9 Å². The van der Waals surface area contributed by atoms with E-state index in [2.05, 4.69) is 10.6 Å². The highest BCUT2D eigenvalue weighted by molar-refractivity contribution is 5.73. The standard InChI is InChI=1S/C28H48N2O20/c1-7-15(35)20(40)22(42)27(45-7)50-24-21(41)16(36)10(4-31)47-28(24)49-23-11(5-32)48-26(14(19(23)39)30-9(3)34)44-6-12-17(37)18(38)13(25(43)46-12)29-8(2)33/h7,10-28,31-32,35-43H,4-6H2,1-3H3,(H,29,33)(H,30,34)/t7-,10+,11+,12+,13+,14+,15+,16-,17-,18+,19+,20+,21-,22-,23+,24+,25+,26+,27-,28-/m0/s1. The quantitative estimate of drug-likeness (QED) is 0.0938. The van der Waals surface area contributed by atoms with E-state index in [4.69, 9.17) is 33.2 Å². The molecule has 0 saturated carbocycles. The number of aliphatic hydroxyl groups excluding tert-OH is 11. The summed E-state index contributed by atoms with van der Waals surface area (Å²) < 4.78 is 39.4. The maximum atomic E-state index is 12.2. The van der Waals surface area contributed by atoms with Crippen LogP contribution in [0.5, 0.6) is 0 Å². The van der Waals surface area contributed by atoms with Gasteiger partial charge in [0.25, 0.3) is 0 Å². The van der Waals surface area contributed by atoms with Gasteiger partial charge in [-0.15, -0.1) is 0 Å². The molecule has 13 N–H and O–H groups in total. The number of nitrogens with one attached hydrogen (secondary N) is 2. The molecule has 4 fully saturated rings. The van der Waals surface area contributed by atoms with E-state index in [1.165, 1.54) is 6.92 Å². The molecule has 4 aliphatic heterocycles. The lowest BCUT2D eigenvalue weighted by Gasteiger charge is -2.49. The molecule has 0 aromatic rings. The fraction of sp³-hybridized carbons (Fsp3) is 0.929. The summed E-state index contributed by atoms with van der Waals surface area (Å²) in [6.07, 6.45) is -29.8. The van der Waals surface area contributed by atoms with E-state index in [0.29, 0.717) is 0 Å². The van der Waals surface area contributed by atoms with Crippen molar-refractivity contribution in [3.63, 3.8) is 0 Å². The Balaban J connectivity index is 1.52. The van der Waals surface area contributed by atoms with Gasteiger partial charge in [-0.25, -0.2) is 0 Å². The average Bonchev–Trinajstić information content (AvgIpc) is 3.06. The number of hydrogen-bond acceptors (Lipinski definition) is 20. The second-order valence-corrected chi connectivity index (χ2v) is 12.6. The second kappa shape index (κ2) is 17.4. The van der Waals surface area contributed by atoms with Crippen LogP contribution in [-0.4, -0.2) is 211 Å². The predicted octanol–water partition coefficient (Wildman–Crippen LogP) is -8.43. The van der Waals surface area contributed by atoms with E-state index in [-0.39, 0.29) is 0 Å². The van der Waals surface area contributed by atoms with Crippen LogP contribution in [-0.2, 0) is 42.7 Å². The molecule has 0 unspecified atom stereocenters. The van der Waals surface area contributed by atoms with Gasteiger partial charge in [0.1, 0.15) is 91.4 Å². The fourth-order valence-corrected chi connectivity index (χ4v) is 6.18. The number of aliphatic hydroxyl groups is 11. The number of ether oxygens (including phenoxy) is 7. The molecule has 2 amide bonds. The van der Waals surface area contributed by atoms with Crippen LogP contribution in [0.1, 0.15) is 20.8 Å². The van der Waals surface area contributed by atoms with Gasteiger partial charge in [0.15, 0.2) is 25.2 Å². The first kappa shape index (κ1) is 41.0. The maximum Gasteiger partial charge on any atom is 0.217 e. The number of amides is 2. The van der Waals surface area contributed by atoms with E-state index in [1.807, 2.05) is 0 Å². The zero-order valence-corrected chi connectivity index (χ0v) is 27.3. The number of hydrogen-bond donors (Lipinski definition) is 13. The molecule has 0 bridgehead atoms. The Bertz CT molecular complexity index is 1130. The topological polar surface area (TPSA) is 345 Å². The molecule has 0 spiro atoms. The summed E-state index contributed by atoms with van der Waals surface area (Å²) in [5.41, 5.74) is 0. The van der Waals surface area contributed by atoms with Crippen LogP contribution in [0.15, 0.2) is 0 Å². The molecule has 0 aromatic carbocycles. The van der Waals surface area contributed by atoms with Crippen molar-refractivity contribution in [1.29, 1.82) is 0 Å². The molecule has 50 heavy (non-hydrogen) atoms. The van der Waals surface area contributed by atoms with Crippen molar-refractivity contribution in [3.8, 4) is 0 Å². The summed E-state index contributed by atoms with van der Waals surface area (Å²) in [7, 11) is 0. The minimum atomic E-state index is -1.91. The molecule has 4 saturated heterocycles. The zero-order valence-electron chi connectivity index (χ0n) is 27.3. The zero-order chi connectivity index (χ0) is 37.2. The Kier molecular flexibility index (Phi) is 14.2. The predicted molar refractivity (Wildman–Crippen MR) is 156 cm³/mol.